The summed E-state index contributed by atoms with van der Waals surface area (Å²) in [7, 11) is -3.50. The van der Waals surface area contributed by atoms with Gasteiger partial charge in [0.05, 0.1) is 24.0 Å². The standard InChI is InChI=1S/C20H29N3O5S/c1-2-28-20(25)17-7-6-10-22(15-17)19(24)16-21-11-13-23(14-12-21)29(26,27)18-8-4-3-5-9-18/h3-5,8-9,17H,2,6-7,10-16H2,1H3/t17-/m1/s1. The largest absolute Gasteiger partial charge is 0.466 e. The molecule has 9 heteroatoms. The van der Waals surface area contributed by atoms with E-state index < -0.39 is 10.0 Å². The molecule has 8 nitrogen and oxygen atoms in total. The fourth-order valence-electron chi connectivity index (χ4n) is 3.82. The smallest absolute Gasteiger partial charge is 0.310 e. The maximum Gasteiger partial charge on any atom is 0.310 e. The van der Waals surface area contributed by atoms with E-state index in [9.17, 15) is 18.0 Å². The SMILES string of the molecule is CCOC(=O)[C@@H]1CCCN(C(=O)CN2CCN(S(=O)(=O)c3ccccc3)CC2)C1. The van der Waals surface area contributed by atoms with E-state index in [2.05, 4.69) is 0 Å². The third kappa shape index (κ3) is 5.34. The Morgan fingerprint density at radius 3 is 2.41 bits per heavy atom. The molecule has 2 aliphatic heterocycles. The highest BCUT2D eigenvalue weighted by Crippen LogP contribution is 2.20. The first-order valence-electron chi connectivity index (χ1n) is 10.1. The van der Waals surface area contributed by atoms with Gasteiger partial charge >= 0.3 is 5.97 Å². The lowest BCUT2D eigenvalue weighted by atomic mass is 9.98. The Morgan fingerprint density at radius 2 is 1.76 bits per heavy atom. The maximum absolute atomic E-state index is 12.7. The molecule has 2 saturated heterocycles. The van der Waals surface area contributed by atoms with Gasteiger partial charge in [-0.15, -0.1) is 0 Å². The minimum Gasteiger partial charge on any atom is -0.466 e. The number of benzene rings is 1. The van der Waals surface area contributed by atoms with Gasteiger partial charge in [-0.2, -0.15) is 4.31 Å². The summed E-state index contributed by atoms with van der Waals surface area (Å²) in [4.78, 5) is 28.7. The Balaban J connectivity index is 1.50. The Labute approximate surface area is 172 Å². The number of esters is 1. The molecule has 1 amide bonds. The molecule has 2 fully saturated rings. The average molecular weight is 424 g/mol. The molecule has 29 heavy (non-hydrogen) atoms. The highest BCUT2D eigenvalue weighted by molar-refractivity contribution is 7.89. The third-order valence-electron chi connectivity index (χ3n) is 5.47. The predicted octanol–water partition coefficient (Wildman–Crippen LogP) is 0.795. The van der Waals surface area contributed by atoms with Crippen LogP contribution in [-0.2, 0) is 24.3 Å². The van der Waals surface area contributed by atoms with Crippen molar-refractivity contribution in [3.63, 3.8) is 0 Å². The van der Waals surface area contributed by atoms with E-state index in [1.165, 1.54) is 4.31 Å². The highest BCUT2D eigenvalue weighted by Gasteiger charge is 2.32. The van der Waals surface area contributed by atoms with E-state index in [4.69, 9.17) is 4.74 Å². The van der Waals surface area contributed by atoms with Gasteiger partial charge in [-0.05, 0) is 31.9 Å². The summed E-state index contributed by atoms with van der Waals surface area (Å²) in [6, 6.07) is 8.41. The molecular weight excluding hydrogens is 394 g/mol. The number of hydrogen-bond donors (Lipinski definition) is 0. The fourth-order valence-corrected chi connectivity index (χ4v) is 5.26. The molecule has 0 spiro atoms. The summed E-state index contributed by atoms with van der Waals surface area (Å²) in [6.07, 6.45) is 1.54. The first-order valence-corrected chi connectivity index (χ1v) is 11.6. The van der Waals surface area contributed by atoms with Crippen molar-refractivity contribution in [3.05, 3.63) is 30.3 Å². The van der Waals surface area contributed by atoms with Gasteiger partial charge in [0.1, 0.15) is 0 Å². The molecule has 1 aromatic rings. The summed E-state index contributed by atoms with van der Waals surface area (Å²) in [6.45, 7) is 5.15. The number of nitrogens with zero attached hydrogens (tertiary/aromatic N) is 3. The lowest BCUT2D eigenvalue weighted by molar-refractivity contribution is -0.151. The van der Waals surface area contributed by atoms with Gasteiger partial charge in [0, 0.05) is 39.3 Å². The minimum atomic E-state index is -3.50. The van der Waals surface area contributed by atoms with Crippen LogP contribution in [0.25, 0.3) is 0 Å². The summed E-state index contributed by atoms with van der Waals surface area (Å²) in [5.74, 6) is -0.497. The molecule has 1 aromatic carbocycles. The van der Waals surface area contributed by atoms with Crippen LogP contribution in [0.15, 0.2) is 35.2 Å². The van der Waals surface area contributed by atoms with E-state index in [-0.39, 0.29) is 24.3 Å². The predicted molar refractivity (Wildman–Crippen MR) is 108 cm³/mol. The van der Waals surface area contributed by atoms with Gasteiger partial charge < -0.3 is 9.64 Å². The van der Waals surface area contributed by atoms with Crippen LogP contribution in [0.4, 0.5) is 0 Å². The van der Waals surface area contributed by atoms with Crippen molar-refractivity contribution >= 4 is 21.9 Å². The Hall–Kier alpha value is -1.97. The van der Waals surface area contributed by atoms with E-state index in [1.54, 1.807) is 42.2 Å². The number of likely N-dealkylation sites (tertiary alicyclic amines) is 1. The first kappa shape index (κ1) is 21.7. The van der Waals surface area contributed by atoms with Crippen LogP contribution in [0.5, 0.6) is 0 Å². The number of hydrogen-bond acceptors (Lipinski definition) is 6. The molecule has 2 aliphatic rings. The number of carbonyl (C=O) groups excluding carboxylic acids is 2. The topological polar surface area (TPSA) is 87.2 Å². The molecule has 0 radical (unpaired) electrons. The van der Waals surface area contributed by atoms with Crippen molar-refractivity contribution in [2.24, 2.45) is 5.92 Å². The molecule has 0 bridgehead atoms. The highest BCUT2D eigenvalue weighted by atomic mass is 32.2. The van der Waals surface area contributed by atoms with E-state index in [1.807, 2.05) is 4.90 Å². The molecule has 0 N–H and O–H groups in total. The molecule has 3 rings (SSSR count). The minimum absolute atomic E-state index is 0.0154. The molecule has 0 saturated carbocycles. The zero-order chi connectivity index (χ0) is 20.9. The second kappa shape index (κ2) is 9.69. The van der Waals surface area contributed by atoms with Crippen LogP contribution in [0.3, 0.4) is 0 Å². The lowest BCUT2D eigenvalue weighted by Gasteiger charge is -2.36. The van der Waals surface area contributed by atoms with Crippen LogP contribution in [-0.4, -0.2) is 86.8 Å². The summed E-state index contributed by atoms with van der Waals surface area (Å²) in [5, 5.41) is 0. The van der Waals surface area contributed by atoms with E-state index in [0.717, 1.165) is 12.8 Å². The van der Waals surface area contributed by atoms with Crippen molar-refractivity contribution in [1.82, 2.24) is 14.1 Å². The fraction of sp³-hybridized carbons (Fsp3) is 0.600. The summed E-state index contributed by atoms with van der Waals surface area (Å²) < 4.78 is 32.0. The van der Waals surface area contributed by atoms with Crippen molar-refractivity contribution in [1.29, 1.82) is 0 Å². The van der Waals surface area contributed by atoms with Crippen LogP contribution in [0.2, 0.25) is 0 Å². The number of ether oxygens (including phenoxy) is 1. The van der Waals surface area contributed by atoms with Crippen molar-refractivity contribution in [2.45, 2.75) is 24.7 Å². The number of amides is 1. The van der Waals surface area contributed by atoms with Gasteiger partial charge in [0.25, 0.3) is 0 Å². The van der Waals surface area contributed by atoms with Crippen molar-refractivity contribution in [2.75, 3.05) is 52.4 Å². The van der Waals surface area contributed by atoms with Gasteiger partial charge in [0.15, 0.2) is 0 Å². The number of carbonyl (C=O) groups is 2. The molecule has 0 aliphatic carbocycles. The number of piperazine rings is 1. The zero-order valence-corrected chi connectivity index (χ0v) is 17.6. The zero-order valence-electron chi connectivity index (χ0n) is 16.8. The van der Waals surface area contributed by atoms with Crippen molar-refractivity contribution in [3.8, 4) is 0 Å². The first-order chi connectivity index (χ1) is 13.9. The number of rotatable bonds is 6. The number of piperidine rings is 1. The Kier molecular flexibility index (Phi) is 7.26. The van der Waals surface area contributed by atoms with E-state index >= 15 is 0 Å². The molecule has 0 unspecified atom stereocenters. The van der Waals surface area contributed by atoms with Crippen molar-refractivity contribution < 1.29 is 22.7 Å². The lowest BCUT2D eigenvalue weighted by Crippen LogP contribution is -2.52. The quantitative estimate of drug-likeness (QED) is 0.629. The maximum atomic E-state index is 12.7. The molecule has 2 heterocycles. The molecule has 160 valence electrons. The Morgan fingerprint density at radius 1 is 1.07 bits per heavy atom. The van der Waals surface area contributed by atoms with Crippen LogP contribution >= 0.6 is 0 Å². The average Bonchev–Trinajstić information content (AvgIpc) is 2.75. The molecule has 0 aromatic heterocycles. The van der Waals surface area contributed by atoms with Crippen LogP contribution in [0.1, 0.15) is 19.8 Å². The molecule has 1 atom stereocenters. The third-order valence-corrected chi connectivity index (χ3v) is 7.38. The van der Waals surface area contributed by atoms with Gasteiger partial charge in [-0.25, -0.2) is 8.42 Å². The Bertz CT molecular complexity index is 807. The van der Waals surface area contributed by atoms with Crippen LogP contribution in [0, 0.1) is 5.92 Å². The van der Waals surface area contributed by atoms with E-state index in [0.29, 0.717) is 50.8 Å². The van der Waals surface area contributed by atoms with Gasteiger partial charge in [-0.3, -0.25) is 14.5 Å². The number of sulfonamides is 1. The second-order valence-electron chi connectivity index (χ2n) is 7.42. The summed E-state index contributed by atoms with van der Waals surface area (Å²) >= 11 is 0. The summed E-state index contributed by atoms with van der Waals surface area (Å²) in [5.41, 5.74) is 0. The normalized spacial score (nSPS) is 21.7. The second-order valence-corrected chi connectivity index (χ2v) is 9.36. The molecular formula is C20H29N3O5S. The van der Waals surface area contributed by atoms with Gasteiger partial charge in [0.2, 0.25) is 15.9 Å². The monoisotopic (exact) mass is 423 g/mol. The van der Waals surface area contributed by atoms with Crippen LogP contribution < -0.4 is 0 Å². The van der Waals surface area contributed by atoms with Gasteiger partial charge in [-0.1, -0.05) is 18.2 Å².